The molecule has 0 aromatic heterocycles. The molecule has 0 fully saturated rings. The normalized spacial score (nSPS) is 12.4. The van der Waals surface area contributed by atoms with E-state index in [0.717, 1.165) is 11.3 Å². The Morgan fingerprint density at radius 2 is 1.89 bits per heavy atom. The number of carbonyl (C=O) groups excluding carboxylic acids is 3. The van der Waals surface area contributed by atoms with Crippen LogP contribution in [0.25, 0.3) is 0 Å². The van der Waals surface area contributed by atoms with Gasteiger partial charge in [-0.3, -0.25) is 14.4 Å². The predicted molar refractivity (Wildman–Crippen MR) is 80.0 cm³/mol. The molecule has 2 rings (SSSR count). The van der Waals surface area contributed by atoms with Gasteiger partial charge in [-0.1, -0.05) is 25.3 Å². The van der Waals surface area contributed by atoms with Crippen molar-refractivity contribution in [3.05, 3.63) is 23.8 Å². The minimum atomic E-state index is -0.639. The largest absolute Gasteiger partial charge is 0.361 e. The molecule has 8 heteroatoms. The molecule has 0 radical (unpaired) electrons. The number of thiol groups is 2. The molecule has 4 N–H and O–H groups in total. The maximum Gasteiger partial charge on any atom is 0.280 e. The van der Waals surface area contributed by atoms with Crippen LogP contribution in [0.2, 0.25) is 0 Å². The van der Waals surface area contributed by atoms with Gasteiger partial charge in [0.1, 0.15) is 0 Å². The number of amides is 3. The zero-order valence-electron chi connectivity index (χ0n) is 9.84. The summed E-state index contributed by atoms with van der Waals surface area (Å²) < 4.78 is 0. The summed E-state index contributed by atoms with van der Waals surface area (Å²) in [5.74, 6) is 0.0356. The lowest BCUT2D eigenvalue weighted by atomic mass is 10.0. The fourth-order valence-electron chi connectivity index (χ4n) is 1.58. The molecule has 1 heterocycles. The van der Waals surface area contributed by atoms with Crippen LogP contribution in [0.3, 0.4) is 0 Å². The molecule has 3 amide bonds. The highest BCUT2D eigenvalue weighted by atomic mass is 32.1. The highest BCUT2D eigenvalue weighted by Crippen LogP contribution is 2.25. The molecule has 102 valence electrons. The van der Waals surface area contributed by atoms with E-state index in [2.05, 4.69) is 41.6 Å². The van der Waals surface area contributed by atoms with Gasteiger partial charge in [-0.05, 0) is 30.2 Å². The highest BCUT2D eigenvalue weighted by molar-refractivity contribution is 7.97. The molecule has 0 saturated carbocycles. The van der Waals surface area contributed by atoms with Crippen molar-refractivity contribution >= 4 is 53.0 Å². The summed E-state index contributed by atoms with van der Waals surface area (Å²) in [7, 11) is 0. The zero-order chi connectivity index (χ0) is 14.4. The molecule has 6 nitrogen and oxygen atoms in total. The number of nitrogens with one attached hydrogen (secondary N) is 2. The summed E-state index contributed by atoms with van der Waals surface area (Å²) in [6.07, 6.45) is 1.20. The lowest BCUT2D eigenvalue weighted by Crippen LogP contribution is -2.19. The lowest BCUT2D eigenvalue weighted by Gasteiger charge is -2.17. The van der Waals surface area contributed by atoms with Crippen LogP contribution in [0.1, 0.15) is 12.0 Å². The SMILES string of the molecule is NC(=O)S.O=C(S)Nc1ccc2c(c1)CCC(=O)N2. The summed E-state index contributed by atoms with van der Waals surface area (Å²) >= 11 is 6.74. The Hall–Kier alpha value is -1.67. The summed E-state index contributed by atoms with van der Waals surface area (Å²) in [5.41, 5.74) is 6.89. The van der Waals surface area contributed by atoms with Crippen molar-refractivity contribution in [2.45, 2.75) is 12.8 Å². The molecule has 0 spiro atoms. The Morgan fingerprint density at radius 3 is 2.47 bits per heavy atom. The number of benzene rings is 1. The molecule has 0 saturated heterocycles. The van der Waals surface area contributed by atoms with Crippen molar-refractivity contribution in [1.29, 1.82) is 0 Å². The second-order valence-electron chi connectivity index (χ2n) is 3.69. The van der Waals surface area contributed by atoms with Crippen molar-refractivity contribution in [2.75, 3.05) is 10.6 Å². The second kappa shape index (κ2) is 7.05. The van der Waals surface area contributed by atoms with E-state index in [0.29, 0.717) is 18.5 Å². The highest BCUT2D eigenvalue weighted by Gasteiger charge is 2.14. The summed E-state index contributed by atoms with van der Waals surface area (Å²) in [6, 6.07) is 5.37. The third kappa shape index (κ3) is 5.66. The van der Waals surface area contributed by atoms with Crippen molar-refractivity contribution in [1.82, 2.24) is 0 Å². The molecule has 0 bridgehead atoms. The van der Waals surface area contributed by atoms with Crippen molar-refractivity contribution < 1.29 is 14.4 Å². The van der Waals surface area contributed by atoms with Crippen molar-refractivity contribution in [3.63, 3.8) is 0 Å². The van der Waals surface area contributed by atoms with Crippen LogP contribution in [0.4, 0.5) is 21.0 Å². The van der Waals surface area contributed by atoms with E-state index in [9.17, 15) is 9.59 Å². The lowest BCUT2D eigenvalue weighted by molar-refractivity contribution is -0.116. The third-order valence-electron chi connectivity index (χ3n) is 2.25. The molecule has 0 atom stereocenters. The van der Waals surface area contributed by atoms with E-state index >= 15 is 0 Å². The molecule has 19 heavy (non-hydrogen) atoms. The van der Waals surface area contributed by atoms with Gasteiger partial charge in [0.05, 0.1) is 0 Å². The number of carbonyl (C=O) groups is 3. The first kappa shape index (κ1) is 15.4. The van der Waals surface area contributed by atoms with Crippen LogP contribution in [-0.4, -0.2) is 16.4 Å². The van der Waals surface area contributed by atoms with E-state index in [1.165, 1.54) is 0 Å². The zero-order valence-corrected chi connectivity index (χ0v) is 11.6. The molecular formula is C11H13N3O3S2. The number of rotatable bonds is 1. The van der Waals surface area contributed by atoms with Gasteiger partial charge in [0.2, 0.25) is 5.91 Å². The minimum Gasteiger partial charge on any atom is -0.361 e. The van der Waals surface area contributed by atoms with Gasteiger partial charge in [0.15, 0.2) is 0 Å². The first-order chi connectivity index (χ1) is 8.88. The van der Waals surface area contributed by atoms with Gasteiger partial charge in [-0.25, -0.2) is 0 Å². The van der Waals surface area contributed by atoms with E-state index in [1.807, 2.05) is 6.07 Å². The Morgan fingerprint density at radius 1 is 1.26 bits per heavy atom. The van der Waals surface area contributed by atoms with Gasteiger partial charge in [-0.15, -0.1) is 0 Å². The Labute approximate surface area is 120 Å². The number of anilines is 2. The fraction of sp³-hybridized carbons (Fsp3) is 0.182. The maximum absolute atomic E-state index is 11.1. The number of aryl methyl sites for hydroxylation is 1. The monoisotopic (exact) mass is 299 g/mol. The second-order valence-corrected chi connectivity index (χ2v) is 4.54. The van der Waals surface area contributed by atoms with E-state index in [4.69, 9.17) is 4.79 Å². The molecule has 0 unspecified atom stereocenters. The topological polar surface area (TPSA) is 101 Å². The van der Waals surface area contributed by atoms with Crippen LogP contribution in [0.5, 0.6) is 0 Å². The molecule has 1 aromatic rings. The number of hydrogen-bond donors (Lipinski definition) is 5. The average Bonchev–Trinajstić information content (AvgIpc) is 2.28. The van der Waals surface area contributed by atoms with Gasteiger partial charge < -0.3 is 16.4 Å². The molecule has 1 aliphatic rings. The smallest absolute Gasteiger partial charge is 0.280 e. The van der Waals surface area contributed by atoms with Crippen LogP contribution in [-0.2, 0) is 11.2 Å². The van der Waals surface area contributed by atoms with Crippen LogP contribution in [0.15, 0.2) is 18.2 Å². The van der Waals surface area contributed by atoms with Crippen molar-refractivity contribution in [3.8, 4) is 0 Å². The minimum absolute atomic E-state index is 0.0356. The van der Waals surface area contributed by atoms with Gasteiger partial charge >= 0.3 is 0 Å². The summed E-state index contributed by atoms with van der Waals surface area (Å²) in [5, 5.41) is 4.32. The average molecular weight is 299 g/mol. The number of fused-ring (bicyclic) bond motifs is 1. The third-order valence-corrected chi connectivity index (χ3v) is 2.36. The first-order valence-corrected chi connectivity index (χ1v) is 6.19. The van der Waals surface area contributed by atoms with Gasteiger partial charge in [0, 0.05) is 17.8 Å². The molecule has 1 aliphatic heterocycles. The van der Waals surface area contributed by atoms with Crippen LogP contribution in [0, 0.1) is 0 Å². The molecule has 0 aliphatic carbocycles. The first-order valence-electron chi connectivity index (χ1n) is 5.29. The van der Waals surface area contributed by atoms with Gasteiger partial charge in [-0.2, -0.15) is 0 Å². The number of nitrogens with two attached hydrogens (primary N) is 1. The van der Waals surface area contributed by atoms with Crippen LogP contribution >= 0.6 is 25.3 Å². The maximum atomic E-state index is 11.1. The Balaban J connectivity index is 0.000000399. The van der Waals surface area contributed by atoms with Crippen molar-refractivity contribution in [2.24, 2.45) is 5.73 Å². The predicted octanol–water partition coefficient (Wildman–Crippen LogP) is 2.03. The molecule has 1 aromatic carbocycles. The summed E-state index contributed by atoms with van der Waals surface area (Å²) in [6.45, 7) is 0. The van der Waals surface area contributed by atoms with Crippen LogP contribution < -0.4 is 16.4 Å². The molecular weight excluding hydrogens is 286 g/mol. The van der Waals surface area contributed by atoms with E-state index < -0.39 is 10.5 Å². The quantitative estimate of drug-likeness (QED) is 0.513. The number of hydrogen-bond acceptors (Lipinski definition) is 3. The van der Waals surface area contributed by atoms with E-state index in [-0.39, 0.29) is 5.91 Å². The Bertz CT molecular complexity index is 516. The van der Waals surface area contributed by atoms with E-state index in [1.54, 1.807) is 12.1 Å². The van der Waals surface area contributed by atoms with Gasteiger partial charge in [0.25, 0.3) is 10.5 Å². The summed E-state index contributed by atoms with van der Waals surface area (Å²) in [4.78, 5) is 30.9. The Kier molecular flexibility index (Phi) is 5.71. The fourth-order valence-corrected chi connectivity index (χ4v) is 1.71. The standard InChI is InChI=1S/C10H10N2O2S.CH3NOS/c13-9-4-1-6-5-7(11-10(14)15)2-3-8(6)12-9;2-1(3)4/h2-3,5H,1,4H2,(H,12,13)(H2,11,14,15);(H3,2,3,4). The number of primary amides is 1.